The average molecular weight is 421 g/mol. The van der Waals surface area contributed by atoms with E-state index in [1.807, 2.05) is 61.5 Å². The largest absolute Gasteiger partial charge is 0.334 e. The zero-order valence-corrected chi connectivity index (χ0v) is 17.8. The van der Waals surface area contributed by atoms with E-state index in [1.165, 1.54) is 0 Å². The van der Waals surface area contributed by atoms with Crippen molar-refractivity contribution in [2.45, 2.75) is 32.5 Å². The van der Waals surface area contributed by atoms with Crippen LogP contribution in [0.25, 0.3) is 0 Å². The molecule has 2 heterocycles. The van der Waals surface area contributed by atoms with E-state index < -0.39 is 6.04 Å². The van der Waals surface area contributed by atoms with E-state index in [4.69, 9.17) is 0 Å². The topological polar surface area (TPSA) is 73.0 Å². The molecule has 0 bridgehead atoms. The highest BCUT2D eigenvalue weighted by atomic mass is 16.2. The SMILES string of the molecule is Cc1cccc(CN2CC(=O)N3CCN(C(=O)NCc4ccccc4)CCC3C2=O)c1. The minimum atomic E-state index is -0.502. The summed E-state index contributed by atoms with van der Waals surface area (Å²) in [4.78, 5) is 43.6. The van der Waals surface area contributed by atoms with E-state index in [2.05, 4.69) is 5.32 Å². The van der Waals surface area contributed by atoms with Crippen LogP contribution in [0.1, 0.15) is 23.1 Å². The van der Waals surface area contributed by atoms with Gasteiger partial charge in [0.1, 0.15) is 12.6 Å². The molecule has 7 heteroatoms. The van der Waals surface area contributed by atoms with Crippen LogP contribution in [0.15, 0.2) is 54.6 Å². The number of piperazine rings is 1. The summed E-state index contributed by atoms with van der Waals surface area (Å²) >= 11 is 0. The molecule has 162 valence electrons. The molecule has 0 spiro atoms. The third-order valence-electron chi connectivity index (χ3n) is 5.93. The number of carbonyl (C=O) groups excluding carboxylic acids is 3. The van der Waals surface area contributed by atoms with Gasteiger partial charge in [-0.05, 0) is 24.5 Å². The molecular weight excluding hydrogens is 392 g/mol. The van der Waals surface area contributed by atoms with Crippen LogP contribution in [0.5, 0.6) is 0 Å². The predicted molar refractivity (Wildman–Crippen MR) is 117 cm³/mol. The van der Waals surface area contributed by atoms with E-state index >= 15 is 0 Å². The lowest BCUT2D eigenvalue weighted by molar-refractivity contribution is -0.156. The van der Waals surface area contributed by atoms with Gasteiger partial charge in [0, 0.05) is 32.7 Å². The first-order valence-corrected chi connectivity index (χ1v) is 10.7. The summed E-state index contributed by atoms with van der Waals surface area (Å²) < 4.78 is 0. The van der Waals surface area contributed by atoms with Crippen molar-refractivity contribution in [1.29, 1.82) is 0 Å². The second-order valence-electron chi connectivity index (χ2n) is 8.21. The first-order valence-electron chi connectivity index (χ1n) is 10.7. The van der Waals surface area contributed by atoms with Crippen molar-refractivity contribution in [3.63, 3.8) is 0 Å². The monoisotopic (exact) mass is 420 g/mol. The number of hydrogen-bond donors (Lipinski definition) is 1. The Morgan fingerprint density at radius 3 is 2.55 bits per heavy atom. The van der Waals surface area contributed by atoms with E-state index in [-0.39, 0.29) is 24.4 Å². The molecule has 4 amide bonds. The molecular formula is C24H28N4O3. The van der Waals surface area contributed by atoms with Crippen LogP contribution >= 0.6 is 0 Å². The van der Waals surface area contributed by atoms with Crippen molar-refractivity contribution >= 4 is 17.8 Å². The Morgan fingerprint density at radius 2 is 1.77 bits per heavy atom. The molecule has 2 saturated heterocycles. The third-order valence-corrected chi connectivity index (χ3v) is 5.93. The average Bonchev–Trinajstić information content (AvgIpc) is 3.00. The fourth-order valence-electron chi connectivity index (χ4n) is 4.28. The molecule has 1 N–H and O–H groups in total. The zero-order chi connectivity index (χ0) is 21.8. The number of carbonyl (C=O) groups is 3. The van der Waals surface area contributed by atoms with Crippen molar-refractivity contribution in [2.75, 3.05) is 26.2 Å². The van der Waals surface area contributed by atoms with Crippen molar-refractivity contribution in [1.82, 2.24) is 20.0 Å². The van der Waals surface area contributed by atoms with Crippen LogP contribution < -0.4 is 5.32 Å². The molecule has 0 aliphatic carbocycles. The second-order valence-corrected chi connectivity index (χ2v) is 8.21. The van der Waals surface area contributed by atoms with Crippen LogP contribution in [0.4, 0.5) is 4.79 Å². The van der Waals surface area contributed by atoms with Crippen LogP contribution in [0.3, 0.4) is 0 Å². The minimum absolute atomic E-state index is 0.0346. The summed E-state index contributed by atoms with van der Waals surface area (Å²) in [6.07, 6.45) is 0.452. The maximum atomic E-state index is 13.1. The normalized spacial score (nSPS) is 19.1. The third kappa shape index (κ3) is 4.87. The molecule has 0 aromatic heterocycles. The standard InChI is InChI=1S/C24H28N4O3/c1-18-6-5-9-20(14-18)16-27-17-22(29)28-13-12-26(11-10-21(28)23(27)30)24(31)25-15-19-7-3-2-4-8-19/h2-9,14,21H,10-13,15-17H2,1H3,(H,25,31). The molecule has 1 atom stereocenters. The maximum Gasteiger partial charge on any atom is 0.317 e. The summed E-state index contributed by atoms with van der Waals surface area (Å²) in [7, 11) is 0. The number of aryl methyl sites for hydroxylation is 1. The Kier molecular flexibility index (Phi) is 6.21. The number of urea groups is 1. The quantitative estimate of drug-likeness (QED) is 0.824. The Labute approximate surface area is 182 Å². The number of hydrogen-bond acceptors (Lipinski definition) is 3. The van der Waals surface area contributed by atoms with E-state index in [1.54, 1.807) is 14.7 Å². The number of rotatable bonds is 4. The molecule has 2 aliphatic rings. The summed E-state index contributed by atoms with van der Waals surface area (Å²) in [5.41, 5.74) is 3.17. The highest BCUT2D eigenvalue weighted by Crippen LogP contribution is 2.21. The number of nitrogens with one attached hydrogen (secondary N) is 1. The minimum Gasteiger partial charge on any atom is -0.334 e. The van der Waals surface area contributed by atoms with E-state index in [0.29, 0.717) is 39.1 Å². The number of benzene rings is 2. The van der Waals surface area contributed by atoms with Crippen LogP contribution in [-0.4, -0.2) is 64.8 Å². The van der Waals surface area contributed by atoms with Gasteiger partial charge in [-0.1, -0.05) is 60.2 Å². The molecule has 4 rings (SSSR count). The molecule has 0 saturated carbocycles. The Bertz CT molecular complexity index is 962. The predicted octanol–water partition coefficient (Wildman–Crippen LogP) is 2.15. The Morgan fingerprint density at radius 1 is 1.00 bits per heavy atom. The summed E-state index contributed by atoms with van der Waals surface area (Å²) in [5, 5.41) is 2.94. The lowest BCUT2D eigenvalue weighted by Gasteiger charge is -2.39. The molecule has 31 heavy (non-hydrogen) atoms. The highest BCUT2D eigenvalue weighted by molar-refractivity contribution is 5.95. The summed E-state index contributed by atoms with van der Waals surface area (Å²) in [5.74, 6) is -0.0866. The van der Waals surface area contributed by atoms with Crippen LogP contribution in [-0.2, 0) is 22.7 Å². The lowest BCUT2D eigenvalue weighted by atomic mass is 10.1. The van der Waals surface area contributed by atoms with Crippen molar-refractivity contribution in [3.8, 4) is 0 Å². The van der Waals surface area contributed by atoms with Gasteiger partial charge in [-0.3, -0.25) is 9.59 Å². The van der Waals surface area contributed by atoms with E-state index in [0.717, 1.165) is 16.7 Å². The van der Waals surface area contributed by atoms with Crippen LogP contribution in [0, 0.1) is 6.92 Å². The molecule has 2 aliphatic heterocycles. The first kappa shape index (κ1) is 20.9. The van der Waals surface area contributed by atoms with Gasteiger partial charge in [-0.25, -0.2) is 4.79 Å². The number of nitrogens with zero attached hydrogens (tertiary/aromatic N) is 3. The van der Waals surface area contributed by atoms with Gasteiger partial charge >= 0.3 is 6.03 Å². The maximum absolute atomic E-state index is 13.1. The Hall–Kier alpha value is -3.35. The van der Waals surface area contributed by atoms with Gasteiger partial charge in [0.25, 0.3) is 0 Å². The van der Waals surface area contributed by atoms with Gasteiger partial charge in [-0.2, -0.15) is 0 Å². The molecule has 2 fully saturated rings. The lowest BCUT2D eigenvalue weighted by Crippen LogP contribution is -2.59. The molecule has 2 aromatic carbocycles. The number of amides is 4. The van der Waals surface area contributed by atoms with Gasteiger partial charge in [0.2, 0.25) is 11.8 Å². The molecule has 7 nitrogen and oxygen atoms in total. The summed E-state index contributed by atoms with van der Waals surface area (Å²) in [6, 6.07) is 17.0. The van der Waals surface area contributed by atoms with E-state index in [9.17, 15) is 14.4 Å². The van der Waals surface area contributed by atoms with Gasteiger partial charge in [0.05, 0.1) is 0 Å². The second kappa shape index (κ2) is 9.20. The fraction of sp³-hybridized carbons (Fsp3) is 0.375. The molecule has 0 radical (unpaired) electrons. The van der Waals surface area contributed by atoms with Crippen molar-refractivity contribution < 1.29 is 14.4 Å². The fourth-order valence-corrected chi connectivity index (χ4v) is 4.28. The van der Waals surface area contributed by atoms with Gasteiger partial charge < -0.3 is 20.0 Å². The molecule has 2 aromatic rings. The van der Waals surface area contributed by atoms with Crippen molar-refractivity contribution in [3.05, 3.63) is 71.3 Å². The van der Waals surface area contributed by atoms with Gasteiger partial charge in [0.15, 0.2) is 0 Å². The molecule has 1 unspecified atom stereocenters. The summed E-state index contributed by atoms with van der Waals surface area (Å²) in [6.45, 7) is 4.23. The zero-order valence-electron chi connectivity index (χ0n) is 17.8. The van der Waals surface area contributed by atoms with Gasteiger partial charge in [-0.15, -0.1) is 0 Å². The Balaban J connectivity index is 1.38. The number of fused-ring (bicyclic) bond motifs is 1. The van der Waals surface area contributed by atoms with Crippen LogP contribution in [0.2, 0.25) is 0 Å². The van der Waals surface area contributed by atoms with Crippen molar-refractivity contribution in [2.24, 2.45) is 0 Å². The smallest absolute Gasteiger partial charge is 0.317 e. The highest BCUT2D eigenvalue weighted by Gasteiger charge is 2.41. The first-order chi connectivity index (χ1) is 15.0.